The van der Waals surface area contributed by atoms with Gasteiger partial charge in [0.15, 0.2) is 0 Å². The second kappa shape index (κ2) is 6.55. The third kappa shape index (κ3) is 3.50. The Morgan fingerprint density at radius 2 is 2.05 bits per heavy atom. The van der Waals surface area contributed by atoms with E-state index in [1.165, 1.54) is 77.7 Å². The smallest absolute Gasteiger partial charge is 0.0224 e. The van der Waals surface area contributed by atoms with Crippen molar-refractivity contribution in [3.05, 3.63) is 0 Å². The van der Waals surface area contributed by atoms with Gasteiger partial charge in [0.1, 0.15) is 0 Å². The number of hydrogen-bond donors (Lipinski definition) is 1. The predicted octanol–water partition coefficient (Wildman–Crippen LogP) is 2.08. The van der Waals surface area contributed by atoms with Crippen LogP contribution in [0.15, 0.2) is 0 Å². The molecular formula is C16H31N3. The van der Waals surface area contributed by atoms with E-state index < -0.39 is 0 Å². The Morgan fingerprint density at radius 1 is 1.11 bits per heavy atom. The van der Waals surface area contributed by atoms with Gasteiger partial charge in [-0.25, -0.2) is 0 Å². The summed E-state index contributed by atoms with van der Waals surface area (Å²) >= 11 is 0. The maximum Gasteiger partial charge on any atom is 0.0224 e. The molecule has 0 bridgehead atoms. The Hall–Kier alpha value is -0.120. The molecule has 3 fully saturated rings. The van der Waals surface area contributed by atoms with Gasteiger partial charge in [0, 0.05) is 31.2 Å². The van der Waals surface area contributed by atoms with Crippen molar-refractivity contribution in [2.45, 2.75) is 70.0 Å². The average molecular weight is 265 g/mol. The molecular weight excluding hydrogens is 234 g/mol. The van der Waals surface area contributed by atoms with Crippen LogP contribution in [-0.4, -0.2) is 60.6 Å². The van der Waals surface area contributed by atoms with Gasteiger partial charge in [-0.05, 0) is 65.1 Å². The fraction of sp³-hybridized carbons (Fsp3) is 1.00. The van der Waals surface area contributed by atoms with Crippen LogP contribution in [0.4, 0.5) is 0 Å². The van der Waals surface area contributed by atoms with Crippen LogP contribution < -0.4 is 5.32 Å². The summed E-state index contributed by atoms with van der Waals surface area (Å²) in [4.78, 5) is 5.49. The highest BCUT2D eigenvalue weighted by molar-refractivity contribution is 4.90. The predicted molar refractivity (Wildman–Crippen MR) is 80.5 cm³/mol. The molecule has 0 aromatic heterocycles. The van der Waals surface area contributed by atoms with Gasteiger partial charge >= 0.3 is 0 Å². The van der Waals surface area contributed by atoms with Crippen molar-refractivity contribution in [1.82, 2.24) is 15.1 Å². The van der Waals surface area contributed by atoms with Crippen LogP contribution in [0.3, 0.4) is 0 Å². The molecule has 3 aliphatic rings. The topological polar surface area (TPSA) is 18.5 Å². The molecule has 19 heavy (non-hydrogen) atoms. The van der Waals surface area contributed by atoms with E-state index in [0.29, 0.717) is 0 Å². The fourth-order valence-corrected chi connectivity index (χ4v) is 4.27. The molecule has 0 radical (unpaired) electrons. The Morgan fingerprint density at radius 3 is 2.89 bits per heavy atom. The summed E-state index contributed by atoms with van der Waals surface area (Å²) in [5.41, 5.74) is 0. The van der Waals surface area contributed by atoms with E-state index in [0.717, 1.165) is 18.1 Å². The number of hydrogen-bond acceptors (Lipinski definition) is 3. The first-order valence-electron chi connectivity index (χ1n) is 8.54. The maximum atomic E-state index is 3.68. The molecule has 0 aromatic carbocycles. The third-order valence-corrected chi connectivity index (χ3v) is 5.48. The van der Waals surface area contributed by atoms with E-state index in [-0.39, 0.29) is 0 Å². The molecule has 1 N–H and O–H groups in total. The highest BCUT2D eigenvalue weighted by Crippen LogP contribution is 2.24. The lowest BCUT2D eigenvalue weighted by atomic mass is 10.00. The van der Waals surface area contributed by atoms with Gasteiger partial charge in [-0.3, -0.25) is 9.80 Å². The maximum absolute atomic E-state index is 3.68. The minimum Gasteiger partial charge on any atom is -0.314 e. The molecule has 3 heteroatoms. The standard InChI is InChI=1S/C16H31N3/c1-14-12-19-11-5-8-16(19)13-18(14)10-4-7-15-6-2-3-9-17-15/h14-17H,2-13H2,1H3. The summed E-state index contributed by atoms with van der Waals surface area (Å²) in [6.45, 7) is 9.00. The number of nitrogens with one attached hydrogen (secondary N) is 1. The molecule has 0 spiro atoms. The van der Waals surface area contributed by atoms with Crippen LogP contribution in [0, 0.1) is 0 Å². The molecule has 3 rings (SSSR count). The second-order valence-electron chi connectivity index (χ2n) is 6.92. The zero-order chi connectivity index (χ0) is 13.1. The first kappa shape index (κ1) is 13.8. The molecule has 110 valence electrons. The Balaban J connectivity index is 1.39. The van der Waals surface area contributed by atoms with Crippen molar-refractivity contribution in [1.29, 1.82) is 0 Å². The van der Waals surface area contributed by atoms with E-state index in [9.17, 15) is 0 Å². The van der Waals surface area contributed by atoms with Gasteiger partial charge in [0.25, 0.3) is 0 Å². The molecule has 3 unspecified atom stereocenters. The van der Waals surface area contributed by atoms with Gasteiger partial charge in [-0.1, -0.05) is 6.42 Å². The summed E-state index contributed by atoms with van der Waals surface area (Å²) in [7, 11) is 0. The van der Waals surface area contributed by atoms with Gasteiger partial charge < -0.3 is 5.32 Å². The largest absolute Gasteiger partial charge is 0.314 e. The van der Waals surface area contributed by atoms with Crippen LogP contribution in [0.5, 0.6) is 0 Å². The molecule has 3 heterocycles. The van der Waals surface area contributed by atoms with Crippen LogP contribution >= 0.6 is 0 Å². The van der Waals surface area contributed by atoms with Gasteiger partial charge in [0.05, 0.1) is 0 Å². The number of fused-ring (bicyclic) bond motifs is 1. The fourth-order valence-electron chi connectivity index (χ4n) is 4.27. The normalized spacial score (nSPS) is 37.4. The number of piperidine rings is 1. The van der Waals surface area contributed by atoms with Gasteiger partial charge in [-0.15, -0.1) is 0 Å². The molecule has 0 aromatic rings. The Kier molecular flexibility index (Phi) is 4.78. The Bertz CT molecular complexity index is 275. The molecule has 0 amide bonds. The second-order valence-corrected chi connectivity index (χ2v) is 6.92. The Labute approximate surface area is 118 Å². The number of piperazine rings is 1. The minimum absolute atomic E-state index is 0.772. The summed E-state index contributed by atoms with van der Waals surface area (Å²) < 4.78 is 0. The van der Waals surface area contributed by atoms with E-state index in [4.69, 9.17) is 0 Å². The van der Waals surface area contributed by atoms with Crippen LogP contribution in [0.2, 0.25) is 0 Å². The van der Waals surface area contributed by atoms with Gasteiger partial charge in [0.2, 0.25) is 0 Å². The van der Waals surface area contributed by atoms with Crippen molar-refractivity contribution in [3.8, 4) is 0 Å². The molecule has 3 atom stereocenters. The zero-order valence-electron chi connectivity index (χ0n) is 12.6. The average Bonchev–Trinajstić information content (AvgIpc) is 2.87. The summed E-state index contributed by atoms with van der Waals surface area (Å²) in [6.07, 6.45) is 9.87. The first-order valence-corrected chi connectivity index (χ1v) is 8.54. The molecule has 3 aliphatic heterocycles. The van der Waals surface area contributed by atoms with E-state index >= 15 is 0 Å². The lowest BCUT2D eigenvalue weighted by Gasteiger charge is -2.42. The van der Waals surface area contributed by atoms with Crippen LogP contribution in [0.1, 0.15) is 51.9 Å². The molecule has 3 saturated heterocycles. The lowest BCUT2D eigenvalue weighted by Crippen LogP contribution is -2.55. The summed E-state index contributed by atoms with van der Waals surface area (Å²) in [5, 5.41) is 3.68. The van der Waals surface area contributed by atoms with Crippen molar-refractivity contribution >= 4 is 0 Å². The molecule has 3 nitrogen and oxygen atoms in total. The highest BCUT2D eigenvalue weighted by atomic mass is 15.3. The third-order valence-electron chi connectivity index (χ3n) is 5.48. The zero-order valence-corrected chi connectivity index (χ0v) is 12.6. The molecule has 0 aliphatic carbocycles. The number of rotatable bonds is 4. The first-order chi connectivity index (χ1) is 9.33. The van der Waals surface area contributed by atoms with Crippen molar-refractivity contribution in [3.63, 3.8) is 0 Å². The van der Waals surface area contributed by atoms with Crippen molar-refractivity contribution in [2.24, 2.45) is 0 Å². The van der Waals surface area contributed by atoms with E-state index in [1.807, 2.05) is 0 Å². The van der Waals surface area contributed by atoms with Crippen LogP contribution in [-0.2, 0) is 0 Å². The SMILES string of the molecule is CC1CN2CCCC2CN1CCCC1CCCCN1. The number of nitrogens with zero attached hydrogens (tertiary/aromatic N) is 2. The van der Waals surface area contributed by atoms with Gasteiger partial charge in [-0.2, -0.15) is 0 Å². The molecule has 0 saturated carbocycles. The summed E-state index contributed by atoms with van der Waals surface area (Å²) in [6, 6.07) is 2.47. The minimum atomic E-state index is 0.772. The monoisotopic (exact) mass is 265 g/mol. The summed E-state index contributed by atoms with van der Waals surface area (Å²) in [5.74, 6) is 0. The van der Waals surface area contributed by atoms with Crippen molar-refractivity contribution < 1.29 is 0 Å². The lowest BCUT2D eigenvalue weighted by molar-refractivity contribution is 0.0577. The van der Waals surface area contributed by atoms with Crippen LogP contribution in [0.25, 0.3) is 0 Å². The van der Waals surface area contributed by atoms with Crippen molar-refractivity contribution in [2.75, 3.05) is 32.7 Å². The highest BCUT2D eigenvalue weighted by Gasteiger charge is 2.33. The quantitative estimate of drug-likeness (QED) is 0.839. The van der Waals surface area contributed by atoms with E-state index in [2.05, 4.69) is 22.0 Å². The van der Waals surface area contributed by atoms with E-state index in [1.54, 1.807) is 0 Å².